The number of amides is 2. The molecule has 0 unspecified atom stereocenters. The van der Waals surface area contributed by atoms with Gasteiger partial charge in [-0.2, -0.15) is 0 Å². The average molecular weight is 261 g/mol. The molecule has 0 radical (unpaired) electrons. The number of halogens is 2. The van der Waals surface area contributed by atoms with Gasteiger partial charge in [0.1, 0.15) is 5.82 Å². The minimum atomic E-state index is -0.467. The lowest BCUT2D eigenvalue weighted by molar-refractivity contribution is 0.252. The minimum Gasteiger partial charge on any atom is -0.338 e. The molecule has 2 amide bonds. The van der Waals surface area contributed by atoms with E-state index in [1.54, 1.807) is 13.0 Å². The van der Waals surface area contributed by atoms with Crippen molar-refractivity contribution in [3.05, 3.63) is 28.5 Å². The molecule has 76 valence electrons. The van der Waals surface area contributed by atoms with E-state index in [-0.39, 0.29) is 5.69 Å². The molecule has 5 heteroatoms. The molecule has 1 rings (SSSR count). The summed E-state index contributed by atoms with van der Waals surface area (Å²) in [5.74, 6) is -0.467. The molecule has 1 aromatic carbocycles. The van der Waals surface area contributed by atoms with Crippen molar-refractivity contribution >= 4 is 27.6 Å². The van der Waals surface area contributed by atoms with Gasteiger partial charge in [-0.1, -0.05) is 15.9 Å². The van der Waals surface area contributed by atoms with Crippen LogP contribution in [0.2, 0.25) is 0 Å². The van der Waals surface area contributed by atoms with E-state index >= 15 is 0 Å². The predicted octanol–water partition coefficient (Wildman–Crippen LogP) is 2.73. The zero-order valence-corrected chi connectivity index (χ0v) is 9.19. The van der Waals surface area contributed by atoms with E-state index in [4.69, 9.17) is 0 Å². The number of hydrogen-bond donors (Lipinski definition) is 2. The van der Waals surface area contributed by atoms with Gasteiger partial charge in [-0.05, 0) is 25.1 Å². The van der Waals surface area contributed by atoms with Crippen molar-refractivity contribution in [2.75, 3.05) is 11.9 Å². The number of hydrogen-bond acceptors (Lipinski definition) is 1. The summed E-state index contributed by atoms with van der Waals surface area (Å²) in [5.41, 5.74) is 0.166. The summed E-state index contributed by atoms with van der Waals surface area (Å²) in [6, 6.07) is 4.04. The fraction of sp³-hybridized carbons (Fsp3) is 0.222. The first-order valence-corrected chi connectivity index (χ1v) is 4.92. The van der Waals surface area contributed by atoms with Gasteiger partial charge in [0.05, 0.1) is 5.69 Å². The first kappa shape index (κ1) is 11.0. The Balaban J connectivity index is 2.72. The molecule has 0 aliphatic carbocycles. The Hall–Kier alpha value is -1.10. The van der Waals surface area contributed by atoms with Crippen LogP contribution < -0.4 is 10.6 Å². The fourth-order valence-corrected chi connectivity index (χ4v) is 1.25. The Morgan fingerprint density at radius 3 is 2.86 bits per heavy atom. The summed E-state index contributed by atoms with van der Waals surface area (Å²) in [5, 5.41) is 4.90. The van der Waals surface area contributed by atoms with Crippen LogP contribution in [0.4, 0.5) is 14.9 Å². The molecule has 0 saturated carbocycles. The molecule has 0 aliphatic rings. The molecular weight excluding hydrogens is 251 g/mol. The molecule has 2 N–H and O–H groups in total. The van der Waals surface area contributed by atoms with E-state index in [2.05, 4.69) is 26.6 Å². The maximum absolute atomic E-state index is 13.2. The Morgan fingerprint density at radius 2 is 2.29 bits per heavy atom. The van der Waals surface area contributed by atoms with E-state index in [9.17, 15) is 9.18 Å². The Labute approximate surface area is 89.8 Å². The van der Waals surface area contributed by atoms with Gasteiger partial charge < -0.3 is 10.6 Å². The van der Waals surface area contributed by atoms with Gasteiger partial charge in [0.2, 0.25) is 0 Å². The number of rotatable bonds is 2. The van der Waals surface area contributed by atoms with E-state index < -0.39 is 11.8 Å². The van der Waals surface area contributed by atoms with Gasteiger partial charge in [-0.25, -0.2) is 9.18 Å². The molecule has 0 bridgehead atoms. The van der Waals surface area contributed by atoms with E-state index in [0.29, 0.717) is 11.0 Å². The molecule has 0 aliphatic heterocycles. The van der Waals surface area contributed by atoms with Crippen LogP contribution in [-0.2, 0) is 0 Å². The second kappa shape index (κ2) is 4.95. The molecule has 3 nitrogen and oxygen atoms in total. The Morgan fingerprint density at radius 1 is 1.57 bits per heavy atom. The lowest BCUT2D eigenvalue weighted by atomic mass is 10.3. The standard InChI is InChI=1S/C9H10BrFN2O/c1-2-12-9(14)13-8-4-3-6(10)5-7(8)11/h3-5H,2H2,1H3,(H2,12,13,14). The van der Waals surface area contributed by atoms with Crippen LogP contribution in [-0.4, -0.2) is 12.6 Å². The van der Waals surface area contributed by atoms with Gasteiger partial charge in [0, 0.05) is 11.0 Å². The van der Waals surface area contributed by atoms with Crippen molar-refractivity contribution in [2.45, 2.75) is 6.92 Å². The lowest BCUT2D eigenvalue weighted by Gasteiger charge is -2.06. The summed E-state index contributed by atoms with van der Waals surface area (Å²) in [7, 11) is 0. The highest BCUT2D eigenvalue weighted by Gasteiger charge is 2.05. The number of benzene rings is 1. The van der Waals surface area contributed by atoms with Crippen LogP contribution in [0.25, 0.3) is 0 Å². The van der Waals surface area contributed by atoms with Crippen molar-refractivity contribution in [3.63, 3.8) is 0 Å². The van der Waals surface area contributed by atoms with Crippen LogP contribution in [0.1, 0.15) is 6.92 Å². The SMILES string of the molecule is CCNC(=O)Nc1ccc(Br)cc1F. The van der Waals surface area contributed by atoms with Crippen molar-refractivity contribution in [1.29, 1.82) is 0 Å². The third-order valence-electron chi connectivity index (χ3n) is 1.52. The molecule has 0 fully saturated rings. The second-order valence-electron chi connectivity index (χ2n) is 2.61. The van der Waals surface area contributed by atoms with Gasteiger partial charge >= 0.3 is 6.03 Å². The third kappa shape index (κ3) is 2.99. The van der Waals surface area contributed by atoms with Crippen LogP contribution in [0.5, 0.6) is 0 Å². The summed E-state index contributed by atoms with van der Waals surface area (Å²) in [6.45, 7) is 2.29. The van der Waals surface area contributed by atoms with Crippen molar-refractivity contribution in [3.8, 4) is 0 Å². The highest BCUT2D eigenvalue weighted by molar-refractivity contribution is 9.10. The smallest absolute Gasteiger partial charge is 0.319 e. The zero-order valence-electron chi connectivity index (χ0n) is 7.60. The van der Waals surface area contributed by atoms with E-state index in [1.165, 1.54) is 12.1 Å². The number of anilines is 1. The average Bonchev–Trinajstić information content (AvgIpc) is 2.10. The second-order valence-corrected chi connectivity index (χ2v) is 3.52. The van der Waals surface area contributed by atoms with E-state index in [0.717, 1.165) is 0 Å². The topological polar surface area (TPSA) is 41.1 Å². The highest BCUT2D eigenvalue weighted by Crippen LogP contribution is 2.18. The maximum atomic E-state index is 13.2. The first-order chi connectivity index (χ1) is 6.63. The number of carbonyl (C=O) groups excluding carboxylic acids is 1. The molecule has 0 heterocycles. The van der Waals surface area contributed by atoms with Crippen molar-refractivity contribution < 1.29 is 9.18 Å². The summed E-state index contributed by atoms with van der Waals surface area (Å²) in [4.78, 5) is 11.0. The summed E-state index contributed by atoms with van der Waals surface area (Å²) >= 11 is 3.12. The van der Waals surface area contributed by atoms with Crippen LogP contribution >= 0.6 is 15.9 Å². The Kier molecular flexibility index (Phi) is 3.88. The van der Waals surface area contributed by atoms with Gasteiger partial charge in [-0.15, -0.1) is 0 Å². The maximum Gasteiger partial charge on any atom is 0.319 e. The van der Waals surface area contributed by atoms with Crippen LogP contribution in [0, 0.1) is 5.82 Å². The van der Waals surface area contributed by atoms with Crippen LogP contribution in [0.3, 0.4) is 0 Å². The number of urea groups is 1. The zero-order chi connectivity index (χ0) is 10.6. The molecule has 14 heavy (non-hydrogen) atoms. The lowest BCUT2D eigenvalue weighted by Crippen LogP contribution is -2.28. The van der Waals surface area contributed by atoms with Gasteiger partial charge in [0.25, 0.3) is 0 Å². The molecule has 0 spiro atoms. The molecule has 0 aromatic heterocycles. The normalized spacial score (nSPS) is 9.64. The molecule has 0 atom stereocenters. The summed E-state index contributed by atoms with van der Waals surface area (Å²) < 4.78 is 13.8. The number of carbonyl (C=O) groups is 1. The Bertz CT molecular complexity index is 344. The summed E-state index contributed by atoms with van der Waals surface area (Å²) in [6.07, 6.45) is 0. The van der Waals surface area contributed by atoms with Gasteiger partial charge in [-0.3, -0.25) is 0 Å². The van der Waals surface area contributed by atoms with Crippen molar-refractivity contribution in [1.82, 2.24) is 5.32 Å². The predicted molar refractivity (Wildman–Crippen MR) is 56.8 cm³/mol. The third-order valence-corrected chi connectivity index (χ3v) is 2.01. The monoisotopic (exact) mass is 260 g/mol. The first-order valence-electron chi connectivity index (χ1n) is 4.13. The highest BCUT2D eigenvalue weighted by atomic mass is 79.9. The van der Waals surface area contributed by atoms with Crippen LogP contribution in [0.15, 0.2) is 22.7 Å². The quantitative estimate of drug-likeness (QED) is 0.844. The molecular formula is C9H10BrFN2O. The van der Waals surface area contributed by atoms with Gasteiger partial charge in [0.15, 0.2) is 0 Å². The number of nitrogens with one attached hydrogen (secondary N) is 2. The molecule has 0 saturated heterocycles. The van der Waals surface area contributed by atoms with E-state index in [1.807, 2.05) is 0 Å². The largest absolute Gasteiger partial charge is 0.338 e. The molecule has 1 aromatic rings. The fourth-order valence-electron chi connectivity index (χ4n) is 0.918. The minimum absolute atomic E-state index is 0.166. The van der Waals surface area contributed by atoms with Crippen molar-refractivity contribution in [2.24, 2.45) is 0 Å².